The van der Waals surface area contributed by atoms with Crippen molar-refractivity contribution in [1.29, 1.82) is 0 Å². The van der Waals surface area contributed by atoms with Crippen LogP contribution in [0.5, 0.6) is 0 Å². The molecule has 0 aromatic carbocycles. The highest BCUT2D eigenvalue weighted by Crippen LogP contribution is 2.22. The smallest absolute Gasteiger partial charge is 0.219 e. The molecule has 0 spiro atoms. The molecule has 1 aliphatic heterocycles. The summed E-state index contributed by atoms with van der Waals surface area (Å²) >= 11 is 0. The van der Waals surface area contributed by atoms with Crippen molar-refractivity contribution >= 4 is 19.1 Å². The van der Waals surface area contributed by atoms with E-state index in [1.165, 1.54) is 5.94 Å². The zero-order chi connectivity index (χ0) is 9.68. The number of hydrogen-bond acceptors (Lipinski definition) is 2. The van der Waals surface area contributed by atoms with Gasteiger partial charge < -0.3 is 5.32 Å². The fraction of sp³-hybridized carbons (Fsp3) is 0.625. The lowest BCUT2D eigenvalue weighted by atomic mass is 9.55. The summed E-state index contributed by atoms with van der Waals surface area (Å²) in [5, 5.41) is 2.29. The summed E-state index contributed by atoms with van der Waals surface area (Å²) in [6.07, 6.45) is 3.17. The first-order valence-electron chi connectivity index (χ1n) is 4.58. The lowest BCUT2D eigenvalue weighted by Crippen LogP contribution is -2.28. The number of rotatable bonds is 2. The molecule has 63 valence electrons. The fourth-order valence-corrected chi connectivity index (χ4v) is 1.22. The van der Waals surface area contributed by atoms with E-state index in [9.17, 15) is 9.59 Å². The largest absolute Gasteiger partial charge is 0.323 e. The highest BCUT2D eigenvalue weighted by molar-refractivity contribution is 6.44. The van der Waals surface area contributed by atoms with Crippen molar-refractivity contribution in [3.8, 4) is 0 Å². The number of amides is 1. The summed E-state index contributed by atoms with van der Waals surface area (Å²) in [5.74, 6) is 0.819. The molecule has 1 fully saturated rings. The molecule has 0 aromatic rings. The first-order chi connectivity index (χ1) is 6.25. The van der Waals surface area contributed by atoms with Gasteiger partial charge in [0.25, 0.3) is 0 Å². The molecule has 1 N–H and O–H groups in total. The van der Waals surface area contributed by atoms with Gasteiger partial charge in [-0.1, -0.05) is 19.2 Å². The van der Waals surface area contributed by atoms with Crippen LogP contribution in [-0.4, -0.2) is 19.1 Å². The Labute approximate surface area is 73.9 Å². The van der Waals surface area contributed by atoms with E-state index in [2.05, 4.69) is 5.32 Å². The summed E-state index contributed by atoms with van der Waals surface area (Å²) in [6.45, 7) is 0. The van der Waals surface area contributed by atoms with Gasteiger partial charge in [-0.3, -0.25) is 4.79 Å². The van der Waals surface area contributed by atoms with Crippen LogP contribution in [0, 0.1) is 0 Å². The summed E-state index contributed by atoms with van der Waals surface area (Å²) in [6, 6.07) is 0. The Morgan fingerprint density at radius 3 is 3.25 bits per heavy atom. The quantitative estimate of drug-likeness (QED) is 0.480. The normalized spacial score (nSPS) is 29.2. The predicted molar refractivity (Wildman–Crippen MR) is 46.6 cm³/mol. The Kier molecular flexibility index (Phi) is 3.04. The van der Waals surface area contributed by atoms with Crippen LogP contribution in [0.15, 0.2) is 6.20 Å². The van der Waals surface area contributed by atoms with E-state index in [0.717, 1.165) is 25.4 Å². The zero-order valence-electron chi connectivity index (χ0n) is 7.75. The number of hydrogen-bond donors (Lipinski definition) is 1. The maximum absolute atomic E-state index is 11.3. The molecule has 2 unspecified atom stereocenters. The van der Waals surface area contributed by atoms with Crippen LogP contribution >= 0.6 is 0 Å². The second kappa shape index (κ2) is 4.78. The first-order valence-corrected chi connectivity index (χ1v) is 4.01. The highest BCUT2D eigenvalue weighted by Gasteiger charge is 2.20. The van der Waals surface area contributed by atoms with Crippen molar-refractivity contribution in [3.05, 3.63) is 6.20 Å². The van der Waals surface area contributed by atoms with E-state index in [4.69, 9.17) is 1.37 Å². The molecular formula is C8H11BNO2. The van der Waals surface area contributed by atoms with Crippen LogP contribution in [0.2, 0.25) is 12.1 Å². The van der Waals surface area contributed by atoms with Gasteiger partial charge in [0.15, 0.2) is 0 Å². The summed E-state index contributed by atoms with van der Waals surface area (Å²) < 4.78 is 7.59. The van der Waals surface area contributed by atoms with Gasteiger partial charge in [-0.25, -0.2) is 4.79 Å². The molecule has 1 rings (SSSR count). The van der Waals surface area contributed by atoms with E-state index >= 15 is 0 Å². The Hall–Kier alpha value is -1.02. The molecular weight excluding hydrogens is 153 g/mol. The van der Waals surface area contributed by atoms with E-state index in [0.29, 0.717) is 0 Å². The van der Waals surface area contributed by atoms with Crippen LogP contribution in [0.25, 0.3) is 0 Å². The van der Waals surface area contributed by atoms with E-state index < -0.39 is 0 Å². The summed E-state index contributed by atoms with van der Waals surface area (Å²) in [7, 11) is 1.84. The third kappa shape index (κ3) is 2.55. The standard InChI is InChI=1S/C8H11BNO2/c11-6-5-10-8(12)7-3-1-2-4-9-7/h5,7H,1-4H2,(H,10,12)/i3T. The van der Waals surface area contributed by atoms with Crippen LogP contribution in [-0.2, 0) is 9.59 Å². The predicted octanol–water partition coefficient (Wildman–Crippen LogP) is 0.543. The van der Waals surface area contributed by atoms with E-state index in [1.54, 1.807) is 0 Å². The van der Waals surface area contributed by atoms with Crippen LogP contribution in [0.3, 0.4) is 0 Å². The van der Waals surface area contributed by atoms with Crippen LogP contribution in [0.4, 0.5) is 0 Å². The van der Waals surface area contributed by atoms with E-state index in [-0.39, 0.29) is 18.1 Å². The molecule has 0 aliphatic carbocycles. The Morgan fingerprint density at radius 2 is 2.58 bits per heavy atom. The third-order valence-corrected chi connectivity index (χ3v) is 1.83. The van der Waals surface area contributed by atoms with Crippen molar-refractivity contribution in [3.63, 3.8) is 0 Å². The SMILES string of the molecule is [3H]C1CCC[B]C1C(=O)NC=C=O. The Balaban J connectivity index is 2.48. The summed E-state index contributed by atoms with van der Waals surface area (Å²) in [5.41, 5.74) is 0. The van der Waals surface area contributed by atoms with Gasteiger partial charge in [-0.15, -0.1) is 0 Å². The molecule has 0 bridgehead atoms. The minimum atomic E-state index is -0.377. The van der Waals surface area contributed by atoms with Crippen molar-refractivity contribution in [2.24, 2.45) is 0 Å². The van der Waals surface area contributed by atoms with Gasteiger partial charge >= 0.3 is 0 Å². The minimum absolute atomic E-state index is 0.275. The molecule has 2 atom stereocenters. The molecule has 0 saturated carbocycles. The summed E-state index contributed by atoms with van der Waals surface area (Å²) in [4.78, 5) is 21.1. The number of carbonyl (C=O) groups excluding carboxylic acids is 2. The number of carbonyl (C=O) groups is 1. The monoisotopic (exact) mass is 166 g/mol. The second-order valence-electron chi connectivity index (χ2n) is 2.70. The van der Waals surface area contributed by atoms with Crippen LogP contribution in [0.1, 0.15) is 20.6 Å². The Bertz CT molecular complexity index is 240. The van der Waals surface area contributed by atoms with Gasteiger partial charge in [0.2, 0.25) is 5.91 Å². The molecule has 3 nitrogen and oxygen atoms in total. The molecule has 1 aliphatic rings. The van der Waals surface area contributed by atoms with Crippen molar-refractivity contribution < 1.29 is 11.0 Å². The van der Waals surface area contributed by atoms with Gasteiger partial charge in [-0.2, -0.15) is 0 Å². The Morgan fingerprint density at radius 1 is 1.75 bits per heavy atom. The minimum Gasteiger partial charge on any atom is -0.323 e. The average molecular weight is 166 g/mol. The molecule has 12 heavy (non-hydrogen) atoms. The van der Waals surface area contributed by atoms with Crippen molar-refractivity contribution in [1.82, 2.24) is 5.32 Å². The fourth-order valence-electron chi connectivity index (χ4n) is 1.22. The van der Waals surface area contributed by atoms with Gasteiger partial charge in [0.1, 0.15) is 13.2 Å². The third-order valence-electron chi connectivity index (χ3n) is 1.83. The molecule has 0 aromatic heterocycles. The van der Waals surface area contributed by atoms with Crippen LogP contribution < -0.4 is 5.32 Å². The van der Waals surface area contributed by atoms with Gasteiger partial charge in [0, 0.05) is 7.19 Å². The molecule has 4 heteroatoms. The molecule has 1 heterocycles. The van der Waals surface area contributed by atoms with E-state index in [1.807, 2.05) is 7.28 Å². The van der Waals surface area contributed by atoms with Crippen molar-refractivity contribution in [2.75, 3.05) is 0 Å². The van der Waals surface area contributed by atoms with Gasteiger partial charge in [-0.05, 0) is 6.40 Å². The number of nitrogens with one attached hydrogen (secondary N) is 1. The maximum Gasteiger partial charge on any atom is 0.219 e. The lowest BCUT2D eigenvalue weighted by molar-refractivity contribution is -0.120. The van der Waals surface area contributed by atoms with Crippen molar-refractivity contribution in [2.45, 2.75) is 31.4 Å². The maximum atomic E-state index is 11.3. The molecule has 1 radical (unpaired) electrons. The lowest BCUT2D eigenvalue weighted by Gasteiger charge is -2.18. The average Bonchev–Trinajstić information content (AvgIpc) is 2.15. The topological polar surface area (TPSA) is 46.2 Å². The first kappa shape index (κ1) is 7.62. The molecule has 1 saturated heterocycles. The highest BCUT2D eigenvalue weighted by atomic mass is 16.2. The second-order valence-corrected chi connectivity index (χ2v) is 2.70. The molecule has 1 amide bonds. The zero-order valence-corrected chi connectivity index (χ0v) is 6.75. The van der Waals surface area contributed by atoms with Gasteiger partial charge in [0.05, 0.1) is 6.20 Å².